The molecule has 3 aliphatic rings. The normalized spacial score (nSPS) is 30.5. The van der Waals surface area contributed by atoms with Crippen LogP contribution in [0.1, 0.15) is 121 Å². The molecule has 0 bridgehead atoms. The van der Waals surface area contributed by atoms with Crippen LogP contribution in [0.2, 0.25) is 0 Å². The summed E-state index contributed by atoms with van der Waals surface area (Å²) < 4.78 is 64.5. The van der Waals surface area contributed by atoms with Gasteiger partial charge in [0.1, 0.15) is 17.3 Å². The molecule has 1 aromatic rings. The third-order valence-corrected chi connectivity index (χ3v) is 12.3. The molecule has 41 heavy (non-hydrogen) atoms. The molecular formula is C33H50F4O3S. The summed E-state index contributed by atoms with van der Waals surface area (Å²) in [5.74, 6) is -4.94. The Hall–Kier alpha value is -0.990. The van der Waals surface area contributed by atoms with Crippen molar-refractivity contribution in [3.63, 3.8) is 0 Å². The molecule has 7 atom stereocenters. The number of aliphatic hydroxyl groups is 1. The van der Waals surface area contributed by atoms with E-state index in [0.717, 1.165) is 64.2 Å². The highest BCUT2D eigenvalue weighted by molar-refractivity contribution is 7.91. The Morgan fingerprint density at radius 3 is 2.32 bits per heavy atom. The smallest absolute Gasteiger partial charge is 0.310 e. The van der Waals surface area contributed by atoms with E-state index in [0.29, 0.717) is 35.2 Å². The number of aliphatic hydroxyl groups excluding tert-OH is 1. The number of fused-ring (bicyclic) bond motifs is 5. The minimum absolute atomic E-state index is 0.0345. The standard InChI is InChI=1S/C33H50F4O3S/c1-31-18-16-27-26-13-12-25(38)22-24(26)21-23(30(27)28(31)14-15-29(31)39)11-8-6-4-3-5-7-9-19-41(40)20-10-17-33(36,37)32(2,34)35/h12-13,22-23,27-30,38-39H,3-11,14-21H2,1-2H3/t23?,27-,28+,29+,30-,31+,41?/m1/s1. The largest absolute Gasteiger partial charge is 0.616 e. The van der Waals surface area contributed by atoms with E-state index in [2.05, 4.69) is 13.0 Å². The third kappa shape index (κ3) is 7.75. The maximum atomic E-state index is 13.3. The Bertz CT molecular complexity index is 986. The molecule has 3 nitrogen and oxygen atoms in total. The first-order chi connectivity index (χ1) is 19.3. The highest BCUT2D eigenvalue weighted by Crippen LogP contribution is 2.62. The summed E-state index contributed by atoms with van der Waals surface area (Å²) in [4.78, 5) is 0. The fourth-order valence-corrected chi connectivity index (χ4v) is 9.56. The molecule has 0 aromatic heterocycles. The van der Waals surface area contributed by atoms with Crippen LogP contribution in [0.3, 0.4) is 0 Å². The van der Waals surface area contributed by atoms with Gasteiger partial charge in [0.25, 0.3) is 0 Å². The van der Waals surface area contributed by atoms with Gasteiger partial charge in [0.2, 0.25) is 0 Å². The first kappa shape index (κ1) is 32.9. The van der Waals surface area contributed by atoms with Crippen LogP contribution in [0.5, 0.6) is 5.75 Å². The molecular weight excluding hydrogens is 552 g/mol. The molecule has 0 spiro atoms. The lowest BCUT2D eigenvalue weighted by atomic mass is 9.52. The van der Waals surface area contributed by atoms with Gasteiger partial charge in [0.15, 0.2) is 0 Å². The van der Waals surface area contributed by atoms with E-state index in [1.165, 1.54) is 30.4 Å². The number of rotatable bonds is 15. The van der Waals surface area contributed by atoms with Crippen molar-refractivity contribution >= 4 is 11.2 Å². The van der Waals surface area contributed by atoms with Gasteiger partial charge in [0.05, 0.1) is 6.10 Å². The van der Waals surface area contributed by atoms with E-state index in [-0.39, 0.29) is 30.6 Å². The third-order valence-electron chi connectivity index (χ3n) is 10.8. The molecule has 8 heteroatoms. The van der Waals surface area contributed by atoms with Gasteiger partial charge in [0, 0.05) is 13.3 Å². The van der Waals surface area contributed by atoms with Crippen molar-refractivity contribution in [2.24, 2.45) is 23.2 Å². The first-order valence-electron chi connectivity index (χ1n) is 15.9. The fraction of sp³-hybridized carbons (Fsp3) is 0.818. The highest BCUT2D eigenvalue weighted by atomic mass is 32.2. The SMILES string of the molecule is CC(F)(F)C(F)(F)CCC[S+]([O-])CCCCCCCCCC1Cc2cc(O)ccc2[C@H]2CC[C@]3(C)[C@@H](O)CC[C@H]3[C@H]12. The zero-order valence-corrected chi connectivity index (χ0v) is 25.7. The van der Waals surface area contributed by atoms with Gasteiger partial charge in [-0.25, -0.2) is 8.78 Å². The molecule has 234 valence electrons. The second-order valence-corrected chi connectivity index (χ2v) is 15.3. The average Bonchev–Trinajstić information content (AvgIpc) is 3.20. The zero-order chi connectivity index (χ0) is 29.8. The molecule has 0 heterocycles. The number of phenols is 1. The van der Waals surface area contributed by atoms with Crippen molar-refractivity contribution in [3.05, 3.63) is 29.3 Å². The summed E-state index contributed by atoms with van der Waals surface area (Å²) in [5, 5.41) is 21.0. The average molecular weight is 603 g/mol. The Kier molecular flexibility index (Phi) is 11.0. The van der Waals surface area contributed by atoms with E-state index in [4.69, 9.17) is 0 Å². The van der Waals surface area contributed by atoms with E-state index >= 15 is 0 Å². The number of benzene rings is 1. The van der Waals surface area contributed by atoms with Crippen molar-refractivity contribution in [3.8, 4) is 5.75 Å². The first-order valence-corrected chi connectivity index (χ1v) is 17.4. The van der Waals surface area contributed by atoms with Crippen molar-refractivity contribution in [1.82, 2.24) is 0 Å². The summed E-state index contributed by atoms with van der Waals surface area (Å²) in [7, 11) is 0. The molecule has 1 aromatic carbocycles. The van der Waals surface area contributed by atoms with E-state index in [9.17, 15) is 32.3 Å². The van der Waals surface area contributed by atoms with Gasteiger partial charge >= 0.3 is 11.8 Å². The van der Waals surface area contributed by atoms with Gasteiger partial charge in [-0.15, -0.1) is 0 Å². The minimum atomic E-state index is -4.04. The van der Waals surface area contributed by atoms with E-state index in [1.54, 1.807) is 0 Å². The van der Waals surface area contributed by atoms with Crippen LogP contribution in [0.15, 0.2) is 18.2 Å². The predicted octanol–water partition coefficient (Wildman–Crippen LogP) is 8.78. The predicted molar refractivity (Wildman–Crippen MR) is 157 cm³/mol. The van der Waals surface area contributed by atoms with Gasteiger partial charge < -0.3 is 14.8 Å². The topological polar surface area (TPSA) is 63.5 Å². The van der Waals surface area contributed by atoms with Crippen LogP contribution in [0.4, 0.5) is 17.6 Å². The Morgan fingerprint density at radius 1 is 0.951 bits per heavy atom. The lowest BCUT2D eigenvalue weighted by Gasteiger charge is -2.53. The Labute approximate surface area is 247 Å². The van der Waals surface area contributed by atoms with Crippen LogP contribution in [0.25, 0.3) is 0 Å². The number of phenolic OH excluding ortho intramolecular Hbond substituents is 1. The number of hydrogen-bond acceptors (Lipinski definition) is 3. The lowest BCUT2D eigenvalue weighted by molar-refractivity contribution is -0.200. The fourth-order valence-electron chi connectivity index (χ4n) is 8.36. The van der Waals surface area contributed by atoms with Crippen LogP contribution in [-0.4, -0.2) is 44.2 Å². The maximum Gasteiger partial charge on any atom is 0.310 e. The van der Waals surface area contributed by atoms with Crippen LogP contribution < -0.4 is 0 Å². The summed E-state index contributed by atoms with van der Waals surface area (Å²) in [5.41, 5.74) is 2.77. The summed E-state index contributed by atoms with van der Waals surface area (Å²) >= 11 is -1.23. The molecule has 0 radical (unpaired) electrons. The number of unbranched alkanes of at least 4 members (excludes halogenated alkanes) is 6. The molecule has 0 amide bonds. The van der Waals surface area contributed by atoms with Crippen LogP contribution in [0, 0.1) is 23.2 Å². The van der Waals surface area contributed by atoms with E-state index in [1.807, 2.05) is 12.1 Å². The molecule has 2 saturated carbocycles. The molecule has 2 N–H and O–H groups in total. The summed E-state index contributed by atoms with van der Waals surface area (Å²) in [6.07, 6.45) is 12.6. The minimum Gasteiger partial charge on any atom is -0.616 e. The van der Waals surface area contributed by atoms with Gasteiger partial charge in [-0.05, 0) is 110 Å². The van der Waals surface area contributed by atoms with Crippen LogP contribution >= 0.6 is 0 Å². The molecule has 0 saturated heterocycles. The molecule has 3 aliphatic carbocycles. The number of hydrogen-bond donors (Lipinski definition) is 2. The monoisotopic (exact) mass is 602 g/mol. The highest BCUT2D eigenvalue weighted by Gasteiger charge is 2.56. The van der Waals surface area contributed by atoms with Crippen molar-refractivity contribution in [2.45, 2.75) is 134 Å². The van der Waals surface area contributed by atoms with Crippen molar-refractivity contribution < 1.29 is 32.3 Å². The second kappa shape index (κ2) is 13.8. The van der Waals surface area contributed by atoms with Gasteiger partial charge in [-0.3, -0.25) is 0 Å². The molecule has 4 rings (SSSR count). The summed E-state index contributed by atoms with van der Waals surface area (Å²) in [6, 6.07) is 5.96. The van der Waals surface area contributed by atoms with Gasteiger partial charge in [-0.1, -0.05) is 56.3 Å². The van der Waals surface area contributed by atoms with Crippen LogP contribution in [-0.2, 0) is 17.6 Å². The summed E-state index contributed by atoms with van der Waals surface area (Å²) in [6.45, 7) is 2.55. The molecule has 0 aliphatic heterocycles. The number of aromatic hydroxyl groups is 1. The lowest BCUT2D eigenvalue weighted by Crippen LogP contribution is -2.47. The second-order valence-electron chi connectivity index (χ2n) is 13.6. The molecule has 2 fully saturated rings. The number of halogens is 4. The van der Waals surface area contributed by atoms with Crippen molar-refractivity contribution in [1.29, 1.82) is 0 Å². The molecule has 2 unspecified atom stereocenters. The maximum absolute atomic E-state index is 13.3. The Morgan fingerprint density at radius 2 is 1.61 bits per heavy atom. The van der Waals surface area contributed by atoms with Gasteiger partial charge in [-0.2, -0.15) is 8.78 Å². The van der Waals surface area contributed by atoms with Crippen molar-refractivity contribution in [2.75, 3.05) is 11.5 Å². The van der Waals surface area contributed by atoms with E-state index < -0.39 is 29.4 Å². The number of alkyl halides is 4. The quantitative estimate of drug-likeness (QED) is 0.120. The Balaban J connectivity index is 1.15. The zero-order valence-electron chi connectivity index (χ0n) is 24.9.